The number of fused-ring (bicyclic) bond motifs is 3. The highest BCUT2D eigenvalue weighted by molar-refractivity contribution is 5.78. The standard InChI is InChI=1S/C19H28.C3H4O2.C2H6/c1-13(2)15-7-10-18-16(12-15)8-9-17-14(3)6-5-11-19(17,18)4;1-2-3(4)5;1-2/h7,10,12-14,17H,5-6,8-9,11H2,1-4H3;2H,1H2,(H,4,5);1-2H3. The first-order chi connectivity index (χ1) is 12.3. The Morgan fingerprint density at radius 1 is 1.31 bits per heavy atom. The van der Waals surface area contributed by atoms with Crippen LogP contribution in [0.15, 0.2) is 30.9 Å². The van der Waals surface area contributed by atoms with Gasteiger partial charge in [0, 0.05) is 6.08 Å². The topological polar surface area (TPSA) is 37.3 Å². The van der Waals surface area contributed by atoms with Crippen molar-refractivity contribution in [1.29, 1.82) is 0 Å². The van der Waals surface area contributed by atoms with Crippen LogP contribution in [0.5, 0.6) is 0 Å². The smallest absolute Gasteiger partial charge is 0.327 e. The SMILES string of the molecule is C=CC(=O)O.CC.CC(C)c1ccc2c(c1)CCC1C(C)CCCC21C. The fourth-order valence-electron chi connectivity index (χ4n) is 4.79. The first kappa shape index (κ1) is 22.5. The van der Waals surface area contributed by atoms with Crippen molar-refractivity contribution in [3.63, 3.8) is 0 Å². The molecule has 2 heteroatoms. The van der Waals surface area contributed by atoms with Crippen LogP contribution in [0.25, 0.3) is 0 Å². The Morgan fingerprint density at radius 2 is 1.92 bits per heavy atom. The van der Waals surface area contributed by atoms with Gasteiger partial charge in [0.2, 0.25) is 0 Å². The lowest BCUT2D eigenvalue weighted by Crippen LogP contribution is -2.43. The number of hydrogen-bond acceptors (Lipinski definition) is 1. The molecule has 0 bridgehead atoms. The van der Waals surface area contributed by atoms with Crippen LogP contribution in [-0.4, -0.2) is 11.1 Å². The maximum atomic E-state index is 9.25. The van der Waals surface area contributed by atoms with Crippen molar-refractivity contribution in [2.75, 3.05) is 0 Å². The molecular weight excluding hydrogens is 320 g/mol. The zero-order chi connectivity index (χ0) is 19.9. The zero-order valence-corrected chi connectivity index (χ0v) is 17.6. The van der Waals surface area contributed by atoms with Gasteiger partial charge in [-0.25, -0.2) is 4.79 Å². The Bertz CT molecular complexity index is 602. The molecule has 1 N–H and O–H groups in total. The van der Waals surface area contributed by atoms with E-state index in [9.17, 15) is 4.79 Å². The molecule has 1 saturated carbocycles. The number of aliphatic carboxylic acids is 1. The van der Waals surface area contributed by atoms with Gasteiger partial charge in [-0.15, -0.1) is 0 Å². The van der Waals surface area contributed by atoms with E-state index >= 15 is 0 Å². The molecule has 0 spiro atoms. The van der Waals surface area contributed by atoms with Gasteiger partial charge in [-0.3, -0.25) is 0 Å². The van der Waals surface area contributed by atoms with E-state index in [-0.39, 0.29) is 0 Å². The zero-order valence-electron chi connectivity index (χ0n) is 17.6. The van der Waals surface area contributed by atoms with Crippen molar-refractivity contribution in [3.8, 4) is 0 Å². The van der Waals surface area contributed by atoms with Crippen LogP contribution in [0.3, 0.4) is 0 Å². The van der Waals surface area contributed by atoms with Crippen LogP contribution in [0, 0.1) is 11.8 Å². The predicted molar refractivity (Wildman–Crippen MR) is 112 cm³/mol. The lowest BCUT2D eigenvalue weighted by molar-refractivity contribution is -0.131. The van der Waals surface area contributed by atoms with E-state index in [1.807, 2.05) is 13.8 Å². The minimum absolute atomic E-state index is 0.459. The fraction of sp³-hybridized carbons (Fsp3) is 0.625. The molecule has 1 aromatic carbocycles. The molecule has 2 aliphatic carbocycles. The minimum Gasteiger partial charge on any atom is -0.478 e. The van der Waals surface area contributed by atoms with Crippen molar-refractivity contribution in [2.45, 2.75) is 85.0 Å². The molecule has 0 saturated heterocycles. The van der Waals surface area contributed by atoms with Crippen LogP contribution < -0.4 is 0 Å². The van der Waals surface area contributed by atoms with Gasteiger partial charge in [-0.2, -0.15) is 0 Å². The molecule has 0 radical (unpaired) electrons. The number of carboxylic acid groups (broad SMARTS) is 1. The van der Waals surface area contributed by atoms with Gasteiger partial charge in [-0.1, -0.05) is 79.2 Å². The molecule has 1 aromatic rings. The van der Waals surface area contributed by atoms with Crippen molar-refractivity contribution in [2.24, 2.45) is 11.8 Å². The maximum absolute atomic E-state index is 9.25. The Balaban J connectivity index is 0.000000420. The lowest BCUT2D eigenvalue weighted by atomic mass is 9.55. The number of aryl methyl sites for hydroxylation is 1. The highest BCUT2D eigenvalue weighted by Crippen LogP contribution is 2.52. The molecule has 0 heterocycles. The largest absolute Gasteiger partial charge is 0.478 e. The van der Waals surface area contributed by atoms with Crippen molar-refractivity contribution in [3.05, 3.63) is 47.5 Å². The summed E-state index contributed by atoms with van der Waals surface area (Å²) in [4.78, 5) is 9.25. The summed E-state index contributed by atoms with van der Waals surface area (Å²) in [6.45, 7) is 16.6. The van der Waals surface area contributed by atoms with E-state index in [4.69, 9.17) is 5.11 Å². The first-order valence-electron chi connectivity index (χ1n) is 10.3. The van der Waals surface area contributed by atoms with Crippen LogP contribution in [-0.2, 0) is 16.6 Å². The van der Waals surface area contributed by atoms with Crippen molar-refractivity contribution >= 4 is 5.97 Å². The molecule has 2 aliphatic rings. The molecule has 146 valence electrons. The van der Waals surface area contributed by atoms with Gasteiger partial charge in [0.1, 0.15) is 0 Å². The number of carbonyl (C=O) groups is 1. The number of carboxylic acids is 1. The van der Waals surface area contributed by atoms with Crippen molar-refractivity contribution < 1.29 is 9.90 Å². The summed E-state index contributed by atoms with van der Waals surface area (Å²) in [5, 5.41) is 7.60. The summed E-state index contributed by atoms with van der Waals surface area (Å²) in [7, 11) is 0. The summed E-state index contributed by atoms with van der Waals surface area (Å²) < 4.78 is 0. The molecule has 2 nitrogen and oxygen atoms in total. The minimum atomic E-state index is -0.981. The predicted octanol–water partition coefficient (Wildman–Crippen LogP) is 6.73. The summed E-state index contributed by atoms with van der Waals surface area (Å²) in [5.74, 6) is 1.50. The van der Waals surface area contributed by atoms with Crippen molar-refractivity contribution in [1.82, 2.24) is 0 Å². The molecule has 3 rings (SSSR count). The molecular formula is C24H38O2. The first-order valence-corrected chi connectivity index (χ1v) is 10.3. The number of benzene rings is 1. The third kappa shape index (κ3) is 4.99. The average molecular weight is 359 g/mol. The molecule has 0 aliphatic heterocycles. The van der Waals surface area contributed by atoms with Gasteiger partial charge in [0.15, 0.2) is 0 Å². The average Bonchev–Trinajstić information content (AvgIpc) is 2.63. The molecule has 3 unspecified atom stereocenters. The van der Waals surface area contributed by atoms with Gasteiger partial charge >= 0.3 is 5.97 Å². The van der Waals surface area contributed by atoms with Gasteiger partial charge in [0.25, 0.3) is 0 Å². The van der Waals surface area contributed by atoms with E-state index in [1.54, 1.807) is 11.1 Å². The molecule has 1 fully saturated rings. The highest BCUT2D eigenvalue weighted by Gasteiger charge is 2.44. The van der Waals surface area contributed by atoms with E-state index in [1.165, 1.54) is 37.7 Å². The van der Waals surface area contributed by atoms with Gasteiger partial charge in [-0.05, 0) is 59.1 Å². The Morgan fingerprint density at radius 3 is 2.46 bits per heavy atom. The molecule has 0 amide bonds. The molecule has 3 atom stereocenters. The summed E-state index contributed by atoms with van der Waals surface area (Å²) in [6.07, 6.45) is 7.81. The second-order valence-corrected chi connectivity index (χ2v) is 8.05. The third-order valence-corrected chi connectivity index (χ3v) is 6.17. The van der Waals surface area contributed by atoms with Crippen LogP contribution >= 0.6 is 0 Å². The Hall–Kier alpha value is -1.57. The Labute approximate surface area is 160 Å². The second-order valence-electron chi connectivity index (χ2n) is 8.05. The maximum Gasteiger partial charge on any atom is 0.327 e. The number of rotatable bonds is 2. The van der Waals surface area contributed by atoms with Crippen LogP contribution in [0.1, 0.15) is 89.8 Å². The normalized spacial score (nSPS) is 26.3. The van der Waals surface area contributed by atoms with Crippen LogP contribution in [0.2, 0.25) is 0 Å². The van der Waals surface area contributed by atoms with E-state index in [0.29, 0.717) is 11.3 Å². The van der Waals surface area contributed by atoms with E-state index < -0.39 is 5.97 Å². The summed E-state index contributed by atoms with van der Waals surface area (Å²) in [5.41, 5.74) is 5.31. The fourth-order valence-corrected chi connectivity index (χ4v) is 4.79. The summed E-state index contributed by atoms with van der Waals surface area (Å²) >= 11 is 0. The van der Waals surface area contributed by atoms with Crippen LogP contribution in [0.4, 0.5) is 0 Å². The molecule has 0 aromatic heterocycles. The van der Waals surface area contributed by atoms with E-state index in [0.717, 1.165) is 17.9 Å². The number of hydrogen-bond donors (Lipinski definition) is 1. The monoisotopic (exact) mass is 358 g/mol. The quantitative estimate of drug-likeness (QED) is 0.595. The highest BCUT2D eigenvalue weighted by atomic mass is 16.4. The van der Waals surface area contributed by atoms with E-state index in [2.05, 4.69) is 52.5 Å². The lowest BCUT2D eigenvalue weighted by Gasteiger charge is -2.49. The Kier molecular flexibility index (Phi) is 8.59. The molecule has 26 heavy (non-hydrogen) atoms. The van der Waals surface area contributed by atoms with Gasteiger partial charge < -0.3 is 5.11 Å². The second kappa shape index (κ2) is 9.94. The summed E-state index contributed by atoms with van der Waals surface area (Å²) in [6, 6.07) is 7.35. The third-order valence-electron chi connectivity index (χ3n) is 6.17. The van der Waals surface area contributed by atoms with Gasteiger partial charge in [0.05, 0.1) is 0 Å².